The molecule has 2 N–H and O–H groups in total. The SMILES string of the molecule is CNCCCC(=O)NC1CCCCCCC1.Cl. The van der Waals surface area contributed by atoms with Crippen LogP contribution in [-0.4, -0.2) is 25.5 Å². The maximum absolute atomic E-state index is 11.6. The van der Waals surface area contributed by atoms with E-state index in [1.807, 2.05) is 7.05 Å². The predicted molar refractivity (Wildman–Crippen MR) is 74.7 cm³/mol. The fourth-order valence-electron chi connectivity index (χ4n) is 2.33. The molecular formula is C13H27ClN2O. The van der Waals surface area contributed by atoms with Gasteiger partial charge < -0.3 is 10.6 Å². The average molecular weight is 263 g/mol. The maximum atomic E-state index is 11.6. The molecule has 0 aromatic rings. The highest BCUT2D eigenvalue weighted by Crippen LogP contribution is 2.17. The van der Waals surface area contributed by atoms with Crippen molar-refractivity contribution in [1.82, 2.24) is 10.6 Å². The molecular weight excluding hydrogens is 236 g/mol. The molecule has 1 aliphatic carbocycles. The van der Waals surface area contributed by atoms with E-state index in [1.165, 1.54) is 44.9 Å². The van der Waals surface area contributed by atoms with Gasteiger partial charge in [-0.1, -0.05) is 32.1 Å². The molecule has 1 amide bonds. The van der Waals surface area contributed by atoms with Crippen LogP contribution < -0.4 is 10.6 Å². The van der Waals surface area contributed by atoms with Crippen LogP contribution >= 0.6 is 12.4 Å². The lowest BCUT2D eigenvalue weighted by Gasteiger charge is -2.21. The molecule has 4 heteroatoms. The van der Waals surface area contributed by atoms with Gasteiger partial charge in [-0.2, -0.15) is 0 Å². The standard InChI is InChI=1S/C13H26N2O.ClH/c1-14-11-7-10-13(16)15-12-8-5-3-2-4-6-9-12;/h12,14H,2-11H2,1H3,(H,15,16);1H. The molecule has 1 saturated carbocycles. The highest BCUT2D eigenvalue weighted by molar-refractivity contribution is 5.85. The van der Waals surface area contributed by atoms with E-state index < -0.39 is 0 Å². The van der Waals surface area contributed by atoms with Crippen LogP contribution in [-0.2, 0) is 4.79 Å². The topological polar surface area (TPSA) is 41.1 Å². The largest absolute Gasteiger partial charge is 0.353 e. The molecule has 0 bridgehead atoms. The van der Waals surface area contributed by atoms with E-state index in [1.54, 1.807) is 0 Å². The van der Waals surface area contributed by atoms with Gasteiger partial charge >= 0.3 is 0 Å². The zero-order chi connectivity index (χ0) is 11.6. The Kier molecular flexibility index (Phi) is 10.7. The average Bonchev–Trinajstić information content (AvgIpc) is 2.22. The van der Waals surface area contributed by atoms with Crippen LogP contribution in [0.5, 0.6) is 0 Å². The molecule has 1 aliphatic rings. The first-order valence-corrected chi connectivity index (χ1v) is 6.77. The van der Waals surface area contributed by atoms with Crippen LogP contribution in [0.15, 0.2) is 0 Å². The minimum Gasteiger partial charge on any atom is -0.353 e. The monoisotopic (exact) mass is 262 g/mol. The Labute approximate surface area is 112 Å². The first kappa shape index (κ1) is 16.7. The van der Waals surface area contributed by atoms with Gasteiger partial charge in [0.1, 0.15) is 0 Å². The van der Waals surface area contributed by atoms with Crippen LogP contribution in [0.25, 0.3) is 0 Å². The molecule has 102 valence electrons. The first-order valence-electron chi connectivity index (χ1n) is 6.77. The molecule has 0 aliphatic heterocycles. The lowest BCUT2D eigenvalue weighted by molar-refractivity contribution is -0.122. The second-order valence-corrected chi connectivity index (χ2v) is 4.82. The molecule has 0 aromatic heterocycles. The smallest absolute Gasteiger partial charge is 0.220 e. The molecule has 0 unspecified atom stereocenters. The molecule has 1 rings (SSSR count). The molecule has 0 heterocycles. The van der Waals surface area contributed by atoms with E-state index in [0.29, 0.717) is 12.5 Å². The molecule has 1 fully saturated rings. The Hall–Kier alpha value is -0.280. The van der Waals surface area contributed by atoms with Gasteiger partial charge in [0.25, 0.3) is 0 Å². The van der Waals surface area contributed by atoms with E-state index in [9.17, 15) is 4.79 Å². The van der Waals surface area contributed by atoms with E-state index in [2.05, 4.69) is 10.6 Å². The lowest BCUT2D eigenvalue weighted by atomic mass is 9.96. The van der Waals surface area contributed by atoms with Crippen LogP contribution in [0.1, 0.15) is 57.8 Å². The summed E-state index contributed by atoms with van der Waals surface area (Å²) in [4.78, 5) is 11.6. The Morgan fingerprint density at radius 2 is 1.71 bits per heavy atom. The van der Waals surface area contributed by atoms with Crippen molar-refractivity contribution >= 4 is 18.3 Å². The minimum atomic E-state index is 0. The van der Waals surface area contributed by atoms with Crippen molar-refractivity contribution in [2.45, 2.75) is 63.8 Å². The van der Waals surface area contributed by atoms with Gasteiger partial charge in [-0.25, -0.2) is 0 Å². The van der Waals surface area contributed by atoms with Crippen molar-refractivity contribution in [3.8, 4) is 0 Å². The van der Waals surface area contributed by atoms with E-state index in [4.69, 9.17) is 0 Å². The van der Waals surface area contributed by atoms with Gasteiger partial charge in [0, 0.05) is 12.5 Å². The zero-order valence-corrected chi connectivity index (χ0v) is 11.8. The fourth-order valence-corrected chi connectivity index (χ4v) is 2.33. The van der Waals surface area contributed by atoms with Crippen molar-refractivity contribution < 1.29 is 4.79 Å². The van der Waals surface area contributed by atoms with Crippen LogP contribution in [0.2, 0.25) is 0 Å². The summed E-state index contributed by atoms with van der Waals surface area (Å²) < 4.78 is 0. The highest BCUT2D eigenvalue weighted by Gasteiger charge is 2.13. The Bertz CT molecular complexity index is 192. The highest BCUT2D eigenvalue weighted by atomic mass is 35.5. The van der Waals surface area contributed by atoms with E-state index in [-0.39, 0.29) is 18.3 Å². The number of rotatable bonds is 5. The van der Waals surface area contributed by atoms with Crippen LogP contribution in [0.3, 0.4) is 0 Å². The summed E-state index contributed by atoms with van der Waals surface area (Å²) in [7, 11) is 1.92. The van der Waals surface area contributed by atoms with E-state index in [0.717, 1.165) is 13.0 Å². The number of halogens is 1. The van der Waals surface area contributed by atoms with Crippen molar-refractivity contribution in [2.24, 2.45) is 0 Å². The summed E-state index contributed by atoms with van der Waals surface area (Å²) in [5, 5.41) is 6.24. The third-order valence-electron chi connectivity index (χ3n) is 3.30. The van der Waals surface area contributed by atoms with Gasteiger partial charge in [-0.3, -0.25) is 4.79 Å². The normalized spacial score (nSPS) is 17.7. The Morgan fingerprint density at radius 3 is 2.29 bits per heavy atom. The third kappa shape index (κ3) is 8.44. The van der Waals surface area contributed by atoms with Crippen molar-refractivity contribution in [2.75, 3.05) is 13.6 Å². The number of nitrogens with one attached hydrogen (secondary N) is 2. The summed E-state index contributed by atoms with van der Waals surface area (Å²) in [5.74, 6) is 0.237. The van der Waals surface area contributed by atoms with Gasteiger partial charge in [0.05, 0.1) is 0 Å². The van der Waals surface area contributed by atoms with Gasteiger partial charge in [-0.15, -0.1) is 12.4 Å². The van der Waals surface area contributed by atoms with Crippen LogP contribution in [0.4, 0.5) is 0 Å². The molecule has 0 saturated heterocycles. The quantitative estimate of drug-likeness (QED) is 0.748. The minimum absolute atomic E-state index is 0. The third-order valence-corrected chi connectivity index (χ3v) is 3.30. The second-order valence-electron chi connectivity index (χ2n) is 4.82. The van der Waals surface area contributed by atoms with E-state index >= 15 is 0 Å². The molecule has 0 spiro atoms. The first-order chi connectivity index (χ1) is 7.83. The molecule has 0 aromatic carbocycles. The van der Waals surface area contributed by atoms with Gasteiger partial charge in [-0.05, 0) is 32.9 Å². The second kappa shape index (κ2) is 10.8. The van der Waals surface area contributed by atoms with Crippen molar-refractivity contribution in [3.63, 3.8) is 0 Å². The van der Waals surface area contributed by atoms with Crippen LogP contribution in [0, 0.1) is 0 Å². The Morgan fingerprint density at radius 1 is 1.12 bits per heavy atom. The van der Waals surface area contributed by atoms with Crippen molar-refractivity contribution in [1.29, 1.82) is 0 Å². The van der Waals surface area contributed by atoms with Gasteiger partial charge in [0.15, 0.2) is 0 Å². The molecule has 0 atom stereocenters. The number of carbonyl (C=O) groups excluding carboxylic acids is 1. The van der Waals surface area contributed by atoms with Crippen molar-refractivity contribution in [3.05, 3.63) is 0 Å². The summed E-state index contributed by atoms with van der Waals surface area (Å²) in [6.45, 7) is 0.929. The summed E-state index contributed by atoms with van der Waals surface area (Å²) in [5.41, 5.74) is 0. The number of carbonyl (C=O) groups is 1. The number of hydrogen-bond donors (Lipinski definition) is 2. The zero-order valence-electron chi connectivity index (χ0n) is 11.0. The summed E-state index contributed by atoms with van der Waals surface area (Å²) in [6.07, 6.45) is 10.6. The van der Waals surface area contributed by atoms with Gasteiger partial charge in [0.2, 0.25) is 5.91 Å². The summed E-state index contributed by atoms with van der Waals surface area (Å²) in [6, 6.07) is 0.447. The maximum Gasteiger partial charge on any atom is 0.220 e. The number of amides is 1. The molecule has 0 radical (unpaired) electrons. The Balaban J connectivity index is 0.00000256. The molecule has 17 heavy (non-hydrogen) atoms. The predicted octanol–water partition coefficient (Wildman–Crippen LogP) is 2.64. The summed E-state index contributed by atoms with van der Waals surface area (Å²) >= 11 is 0. The number of hydrogen-bond acceptors (Lipinski definition) is 2. The lowest BCUT2D eigenvalue weighted by Crippen LogP contribution is -2.35. The molecule has 3 nitrogen and oxygen atoms in total. The fraction of sp³-hybridized carbons (Fsp3) is 0.923.